The van der Waals surface area contributed by atoms with Crippen molar-refractivity contribution in [2.75, 3.05) is 19.7 Å². The number of aliphatic hydroxyl groups is 2. The Bertz CT molecular complexity index is 1260. The molecule has 0 radical (unpaired) electrons. The van der Waals surface area contributed by atoms with E-state index in [2.05, 4.69) is 53.5 Å². The molecule has 3 aromatic carbocycles. The lowest BCUT2D eigenvalue weighted by atomic mass is 9.89. The number of carbonyl (C=O) groups excluding carboxylic acids is 1. The van der Waals surface area contributed by atoms with Gasteiger partial charge in [-0.1, -0.05) is 73.7 Å². The Kier molecular flexibility index (Phi) is 9.29. The maximum atomic E-state index is 11.3. The van der Waals surface area contributed by atoms with Gasteiger partial charge in [-0.05, 0) is 53.3 Å². The molecule has 7 nitrogen and oxygen atoms in total. The predicted octanol–water partition coefficient (Wildman–Crippen LogP) is 4.73. The number of aliphatic hydroxyl groups excluding tert-OH is 2. The summed E-state index contributed by atoms with van der Waals surface area (Å²) in [5.74, 6) is 0.0518. The fourth-order valence-corrected chi connectivity index (χ4v) is 5.82. The van der Waals surface area contributed by atoms with Gasteiger partial charge in [0.15, 0.2) is 6.29 Å². The largest absolute Gasteiger partial charge is 0.395 e. The summed E-state index contributed by atoms with van der Waals surface area (Å²) in [6.07, 6.45) is 1.33. The van der Waals surface area contributed by atoms with Crippen molar-refractivity contribution in [3.63, 3.8) is 0 Å². The molecule has 2 aliphatic rings. The summed E-state index contributed by atoms with van der Waals surface area (Å²) in [6, 6.07) is 24.6. The van der Waals surface area contributed by atoms with Crippen LogP contribution in [0.3, 0.4) is 0 Å². The Morgan fingerprint density at radius 2 is 1.70 bits per heavy atom. The number of hydrogen-bond donors (Lipinski definition) is 3. The topological polar surface area (TPSA) is 91.3 Å². The number of amides is 1. The van der Waals surface area contributed by atoms with Crippen LogP contribution in [0.4, 0.5) is 0 Å². The minimum atomic E-state index is -0.529. The standard InChI is InChI=1S/C33H40N2O5/c1-22-31(19-35-16-4-7-30(35)21-37)39-33(40-32(22)27-10-8-24(20-36)9-11-27)28-14-12-26(13-15-28)29-6-3-5-25(17-29)18-34-23(2)38/h3,5-6,8-15,17,22,30-33,36-37H,4,7,16,18-21H2,1-2H3,(H,34,38)/t22-,30+,31+,32+,33+/m1/s1. The summed E-state index contributed by atoms with van der Waals surface area (Å²) in [5.41, 5.74) is 6.09. The average Bonchev–Trinajstić information content (AvgIpc) is 3.44. The number of rotatable bonds is 9. The third kappa shape index (κ3) is 6.62. The van der Waals surface area contributed by atoms with Crippen molar-refractivity contribution in [2.45, 2.75) is 64.4 Å². The maximum Gasteiger partial charge on any atom is 0.217 e. The Morgan fingerprint density at radius 3 is 2.40 bits per heavy atom. The summed E-state index contributed by atoms with van der Waals surface area (Å²) in [5, 5.41) is 22.2. The first-order valence-corrected chi connectivity index (χ1v) is 14.2. The van der Waals surface area contributed by atoms with Crippen LogP contribution in [0.2, 0.25) is 0 Å². The summed E-state index contributed by atoms with van der Waals surface area (Å²) >= 11 is 0. The van der Waals surface area contributed by atoms with Crippen LogP contribution in [0.25, 0.3) is 11.1 Å². The molecule has 1 amide bonds. The lowest BCUT2D eigenvalue weighted by Crippen LogP contribution is -2.46. The molecule has 3 N–H and O–H groups in total. The monoisotopic (exact) mass is 544 g/mol. The molecule has 0 bridgehead atoms. The van der Waals surface area contributed by atoms with Crippen LogP contribution in [0.15, 0.2) is 72.8 Å². The van der Waals surface area contributed by atoms with E-state index in [1.54, 1.807) is 0 Å². The number of nitrogens with zero attached hydrogens (tertiary/aromatic N) is 1. The van der Waals surface area contributed by atoms with E-state index >= 15 is 0 Å². The summed E-state index contributed by atoms with van der Waals surface area (Å²) in [4.78, 5) is 13.7. The van der Waals surface area contributed by atoms with Gasteiger partial charge in [0, 0.05) is 37.5 Å². The molecule has 5 atom stereocenters. The van der Waals surface area contributed by atoms with Gasteiger partial charge in [0.05, 0.1) is 25.4 Å². The molecule has 2 saturated heterocycles. The molecule has 0 aliphatic carbocycles. The van der Waals surface area contributed by atoms with Crippen LogP contribution in [0, 0.1) is 5.92 Å². The molecular weight excluding hydrogens is 504 g/mol. The molecule has 40 heavy (non-hydrogen) atoms. The molecule has 2 aliphatic heterocycles. The molecule has 7 heteroatoms. The fourth-order valence-electron chi connectivity index (χ4n) is 5.82. The molecule has 0 spiro atoms. The molecule has 212 valence electrons. The Balaban J connectivity index is 1.37. The van der Waals surface area contributed by atoms with E-state index in [-0.39, 0.29) is 43.3 Å². The smallest absolute Gasteiger partial charge is 0.217 e. The van der Waals surface area contributed by atoms with Crippen molar-refractivity contribution in [3.8, 4) is 11.1 Å². The van der Waals surface area contributed by atoms with Gasteiger partial charge in [-0.2, -0.15) is 0 Å². The fraction of sp³-hybridized carbons (Fsp3) is 0.424. The van der Waals surface area contributed by atoms with E-state index in [0.29, 0.717) is 6.54 Å². The van der Waals surface area contributed by atoms with Crippen molar-refractivity contribution < 1.29 is 24.5 Å². The SMILES string of the molecule is CC(=O)NCc1cccc(-c2ccc([C@H]3O[C@@H](CN4CCC[C@H]4CO)[C@@H](C)[C@@H](c4ccc(CO)cc4)O3)cc2)c1. The summed E-state index contributed by atoms with van der Waals surface area (Å²) in [6.45, 7) is 6.09. The van der Waals surface area contributed by atoms with E-state index in [0.717, 1.165) is 59.3 Å². The van der Waals surface area contributed by atoms with Gasteiger partial charge in [0.2, 0.25) is 5.91 Å². The Morgan fingerprint density at radius 1 is 0.950 bits per heavy atom. The van der Waals surface area contributed by atoms with Gasteiger partial charge < -0.3 is 25.0 Å². The van der Waals surface area contributed by atoms with E-state index in [1.165, 1.54) is 6.92 Å². The second kappa shape index (κ2) is 13.1. The molecule has 5 rings (SSSR count). The van der Waals surface area contributed by atoms with Crippen LogP contribution in [-0.2, 0) is 27.4 Å². The molecular formula is C33H40N2O5. The van der Waals surface area contributed by atoms with Crippen LogP contribution in [0.1, 0.15) is 61.3 Å². The third-order valence-electron chi connectivity index (χ3n) is 8.23. The van der Waals surface area contributed by atoms with Crippen molar-refractivity contribution in [2.24, 2.45) is 5.92 Å². The normalized spacial score (nSPS) is 25.1. The number of nitrogens with one attached hydrogen (secondary N) is 1. The van der Waals surface area contributed by atoms with Gasteiger partial charge >= 0.3 is 0 Å². The van der Waals surface area contributed by atoms with Gasteiger partial charge in [-0.15, -0.1) is 0 Å². The van der Waals surface area contributed by atoms with Crippen LogP contribution in [-0.4, -0.2) is 52.9 Å². The first-order valence-electron chi connectivity index (χ1n) is 14.2. The zero-order chi connectivity index (χ0) is 28.1. The third-order valence-corrected chi connectivity index (χ3v) is 8.23. The van der Waals surface area contributed by atoms with Gasteiger partial charge in [0.25, 0.3) is 0 Å². The van der Waals surface area contributed by atoms with Crippen molar-refractivity contribution in [1.29, 1.82) is 0 Å². The lowest BCUT2D eigenvalue weighted by Gasteiger charge is -2.43. The highest BCUT2D eigenvalue weighted by Gasteiger charge is 2.40. The predicted molar refractivity (Wildman–Crippen MR) is 154 cm³/mol. The summed E-state index contributed by atoms with van der Waals surface area (Å²) < 4.78 is 13.2. The molecule has 2 fully saturated rings. The Labute approximate surface area is 236 Å². The second-order valence-electron chi connectivity index (χ2n) is 11.0. The minimum Gasteiger partial charge on any atom is -0.395 e. The zero-order valence-electron chi connectivity index (χ0n) is 23.3. The molecule has 0 unspecified atom stereocenters. The van der Waals surface area contributed by atoms with E-state index < -0.39 is 6.29 Å². The highest BCUT2D eigenvalue weighted by Crippen LogP contribution is 2.42. The van der Waals surface area contributed by atoms with Crippen molar-refractivity contribution >= 4 is 5.91 Å². The van der Waals surface area contributed by atoms with Gasteiger partial charge in [-0.3, -0.25) is 9.69 Å². The maximum absolute atomic E-state index is 11.3. The number of benzene rings is 3. The number of ether oxygens (including phenoxy) is 2. The number of carbonyl (C=O) groups is 1. The van der Waals surface area contributed by atoms with Crippen LogP contribution < -0.4 is 5.32 Å². The molecule has 2 heterocycles. The van der Waals surface area contributed by atoms with Gasteiger partial charge in [0.1, 0.15) is 0 Å². The average molecular weight is 545 g/mol. The van der Waals surface area contributed by atoms with Crippen molar-refractivity contribution in [1.82, 2.24) is 10.2 Å². The molecule has 0 aromatic heterocycles. The van der Waals surface area contributed by atoms with E-state index in [4.69, 9.17) is 9.47 Å². The highest BCUT2D eigenvalue weighted by atomic mass is 16.7. The van der Waals surface area contributed by atoms with E-state index in [9.17, 15) is 15.0 Å². The first kappa shape index (κ1) is 28.5. The summed E-state index contributed by atoms with van der Waals surface area (Å²) in [7, 11) is 0. The first-order chi connectivity index (χ1) is 19.4. The number of hydrogen-bond acceptors (Lipinski definition) is 6. The second-order valence-corrected chi connectivity index (χ2v) is 11.0. The Hall–Kier alpha value is -3.07. The van der Waals surface area contributed by atoms with Crippen LogP contribution >= 0.6 is 0 Å². The van der Waals surface area contributed by atoms with Crippen LogP contribution in [0.5, 0.6) is 0 Å². The lowest BCUT2D eigenvalue weighted by molar-refractivity contribution is -0.276. The highest BCUT2D eigenvalue weighted by molar-refractivity contribution is 5.73. The van der Waals surface area contributed by atoms with Crippen molar-refractivity contribution in [3.05, 3.63) is 95.1 Å². The number of likely N-dealkylation sites (tertiary alicyclic amines) is 1. The molecule has 3 aromatic rings. The van der Waals surface area contributed by atoms with Gasteiger partial charge in [-0.25, -0.2) is 0 Å². The zero-order valence-corrected chi connectivity index (χ0v) is 23.3. The molecule has 0 saturated carbocycles. The van der Waals surface area contributed by atoms with E-state index in [1.807, 2.05) is 36.4 Å². The quantitative estimate of drug-likeness (QED) is 0.361. The minimum absolute atomic E-state index is 0.00965.